The zero-order valence-corrected chi connectivity index (χ0v) is 12.8. The first-order chi connectivity index (χ1) is 10.2. The summed E-state index contributed by atoms with van der Waals surface area (Å²) < 4.78 is 8.02. The van der Waals surface area contributed by atoms with Gasteiger partial charge >= 0.3 is 0 Å². The molecule has 9 heteroatoms. The summed E-state index contributed by atoms with van der Waals surface area (Å²) in [6, 6.07) is 0. The maximum Gasteiger partial charge on any atom is 0.235 e. The van der Waals surface area contributed by atoms with Crippen LogP contribution in [0.5, 0.6) is 0 Å². The molecule has 3 heterocycles. The van der Waals surface area contributed by atoms with Crippen molar-refractivity contribution in [1.82, 2.24) is 29.9 Å². The number of hydrogen-bond donors (Lipinski definition) is 1. The molecule has 0 amide bonds. The van der Waals surface area contributed by atoms with E-state index in [1.165, 1.54) is 6.33 Å². The van der Waals surface area contributed by atoms with Crippen molar-refractivity contribution >= 4 is 32.8 Å². The molecule has 4 rings (SSSR count). The molecule has 0 aromatic carbocycles. The molecular weight excluding hydrogens is 338 g/mol. The van der Waals surface area contributed by atoms with Crippen molar-refractivity contribution in [3.8, 4) is 0 Å². The predicted octanol–water partition coefficient (Wildman–Crippen LogP) is 2.00. The molecular formula is C12H12BrN7O. The topological polar surface area (TPSA) is 94.6 Å². The Morgan fingerprint density at radius 2 is 2.24 bits per heavy atom. The van der Waals surface area contributed by atoms with Gasteiger partial charge in [0.2, 0.25) is 11.8 Å². The number of hydrogen-bond acceptors (Lipinski definition) is 7. The van der Waals surface area contributed by atoms with Crippen molar-refractivity contribution in [3.05, 3.63) is 22.7 Å². The summed E-state index contributed by atoms with van der Waals surface area (Å²) >= 11 is 3.42. The third kappa shape index (κ3) is 2.27. The number of nitrogens with zero attached hydrogens (tertiary/aromatic N) is 6. The van der Waals surface area contributed by atoms with E-state index >= 15 is 0 Å². The molecule has 3 aromatic heterocycles. The quantitative estimate of drug-likeness (QED) is 0.769. The molecule has 0 unspecified atom stereocenters. The Bertz CT molecular complexity index is 807. The Kier molecular flexibility index (Phi) is 2.88. The molecule has 21 heavy (non-hydrogen) atoms. The van der Waals surface area contributed by atoms with E-state index in [0.717, 1.165) is 29.8 Å². The van der Waals surface area contributed by atoms with Gasteiger partial charge in [-0.3, -0.25) is 0 Å². The van der Waals surface area contributed by atoms with E-state index in [2.05, 4.69) is 46.5 Å². The molecule has 0 radical (unpaired) electrons. The summed E-state index contributed by atoms with van der Waals surface area (Å²) in [5, 5.41) is 16.4. The summed E-state index contributed by atoms with van der Waals surface area (Å²) in [5.74, 6) is 2.45. The van der Waals surface area contributed by atoms with Crippen LogP contribution in [0.4, 0.5) is 5.82 Å². The van der Waals surface area contributed by atoms with E-state index in [9.17, 15) is 0 Å². The largest absolute Gasteiger partial charge is 0.423 e. The molecule has 108 valence electrons. The van der Waals surface area contributed by atoms with E-state index in [0.29, 0.717) is 28.8 Å². The van der Waals surface area contributed by atoms with Crippen LogP contribution < -0.4 is 5.32 Å². The SMILES string of the molecule is Cn1nc(Br)c2c(NCc3nnc(C4CC4)o3)ncnc21. The molecule has 0 aliphatic heterocycles. The minimum atomic E-state index is 0.424. The summed E-state index contributed by atoms with van der Waals surface area (Å²) in [4.78, 5) is 8.48. The summed E-state index contributed by atoms with van der Waals surface area (Å²) in [7, 11) is 1.84. The van der Waals surface area contributed by atoms with Gasteiger partial charge in [-0.25, -0.2) is 14.6 Å². The molecule has 8 nitrogen and oxygen atoms in total. The van der Waals surface area contributed by atoms with Crippen LogP contribution >= 0.6 is 15.9 Å². The molecule has 0 atom stereocenters. The third-order valence-corrected chi connectivity index (χ3v) is 3.95. The molecule has 1 saturated carbocycles. The Balaban J connectivity index is 1.58. The third-order valence-electron chi connectivity index (χ3n) is 3.39. The van der Waals surface area contributed by atoms with Crippen molar-refractivity contribution in [2.45, 2.75) is 25.3 Å². The molecule has 3 aromatic rings. The second kappa shape index (κ2) is 4.76. The second-order valence-electron chi connectivity index (χ2n) is 5.00. The molecule has 1 N–H and O–H groups in total. The first-order valence-corrected chi connectivity index (χ1v) is 7.41. The molecule has 0 spiro atoms. The zero-order valence-electron chi connectivity index (χ0n) is 11.2. The van der Waals surface area contributed by atoms with Crippen molar-refractivity contribution < 1.29 is 4.42 Å². The predicted molar refractivity (Wildman–Crippen MR) is 77.6 cm³/mol. The number of anilines is 1. The number of aryl methyl sites for hydroxylation is 1. The Labute approximate surface area is 128 Å². The average Bonchev–Trinajstić information content (AvgIpc) is 3.15. The van der Waals surface area contributed by atoms with Crippen molar-refractivity contribution in [3.63, 3.8) is 0 Å². The van der Waals surface area contributed by atoms with Gasteiger partial charge in [-0.15, -0.1) is 10.2 Å². The fourth-order valence-corrected chi connectivity index (χ4v) is 2.77. The molecule has 0 saturated heterocycles. The monoisotopic (exact) mass is 349 g/mol. The lowest BCUT2D eigenvalue weighted by Crippen LogP contribution is -2.03. The number of fused-ring (bicyclic) bond motifs is 1. The summed E-state index contributed by atoms with van der Waals surface area (Å²) in [6.07, 6.45) is 3.79. The van der Waals surface area contributed by atoms with Crippen LogP contribution in [0.2, 0.25) is 0 Å². The van der Waals surface area contributed by atoms with Crippen LogP contribution in [-0.4, -0.2) is 29.9 Å². The van der Waals surface area contributed by atoms with E-state index < -0.39 is 0 Å². The lowest BCUT2D eigenvalue weighted by atomic mass is 10.4. The first-order valence-electron chi connectivity index (χ1n) is 6.61. The maximum atomic E-state index is 5.62. The highest BCUT2D eigenvalue weighted by molar-refractivity contribution is 9.10. The van der Waals surface area contributed by atoms with Crippen LogP contribution in [0, 0.1) is 0 Å². The average molecular weight is 350 g/mol. The van der Waals surface area contributed by atoms with Gasteiger partial charge in [0.25, 0.3) is 0 Å². The summed E-state index contributed by atoms with van der Waals surface area (Å²) in [5.41, 5.74) is 0.753. The van der Waals surface area contributed by atoms with Gasteiger partial charge in [0.15, 0.2) is 5.65 Å². The van der Waals surface area contributed by atoms with E-state index in [4.69, 9.17) is 4.42 Å². The van der Waals surface area contributed by atoms with Gasteiger partial charge in [-0.1, -0.05) is 0 Å². The molecule has 1 aliphatic carbocycles. The van der Waals surface area contributed by atoms with E-state index in [-0.39, 0.29) is 0 Å². The zero-order chi connectivity index (χ0) is 14.4. The standard InChI is InChI=1S/C12H12BrN7O/c1-20-11-8(9(13)19-20)10(15-5-16-11)14-4-7-17-18-12(21-7)6-2-3-6/h5-6H,2-4H2,1H3,(H,14,15,16). The maximum absolute atomic E-state index is 5.62. The van der Waals surface area contributed by atoms with Crippen LogP contribution in [0.15, 0.2) is 15.3 Å². The Morgan fingerprint density at radius 1 is 1.38 bits per heavy atom. The van der Waals surface area contributed by atoms with Crippen molar-refractivity contribution in [2.24, 2.45) is 7.05 Å². The van der Waals surface area contributed by atoms with Gasteiger partial charge in [0.1, 0.15) is 16.7 Å². The fourth-order valence-electron chi connectivity index (χ4n) is 2.17. The second-order valence-corrected chi connectivity index (χ2v) is 5.75. The normalized spacial score (nSPS) is 14.8. The highest BCUT2D eigenvalue weighted by Gasteiger charge is 2.29. The lowest BCUT2D eigenvalue weighted by molar-refractivity contribution is 0.457. The fraction of sp³-hybridized carbons (Fsp3) is 0.417. The van der Waals surface area contributed by atoms with Crippen LogP contribution in [0.1, 0.15) is 30.5 Å². The number of rotatable bonds is 4. The Morgan fingerprint density at radius 3 is 3.05 bits per heavy atom. The highest BCUT2D eigenvalue weighted by Crippen LogP contribution is 2.39. The van der Waals surface area contributed by atoms with Crippen LogP contribution in [-0.2, 0) is 13.6 Å². The first kappa shape index (κ1) is 12.7. The minimum Gasteiger partial charge on any atom is -0.423 e. The number of halogens is 1. The van der Waals surface area contributed by atoms with E-state index in [1.807, 2.05) is 7.05 Å². The summed E-state index contributed by atoms with van der Waals surface area (Å²) in [6.45, 7) is 0.424. The van der Waals surface area contributed by atoms with Gasteiger partial charge in [-0.05, 0) is 28.8 Å². The van der Waals surface area contributed by atoms with Crippen molar-refractivity contribution in [2.75, 3.05) is 5.32 Å². The van der Waals surface area contributed by atoms with Gasteiger partial charge in [0, 0.05) is 13.0 Å². The van der Waals surface area contributed by atoms with Gasteiger partial charge in [0.05, 0.1) is 11.9 Å². The number of nitrogens with one attached hydrogen (secondary N) is 1. The molecule has 0 bridgehead atoms. The Hall–Kier alpha value is -2.03. The molecule has 1 fully saturated rings. The smallest absolute Gasteiger partial charge is 0.235 e. The lowest BCUT2D eigenvalue weighted by Gasteiger charge is -2.03. The highest BCUT2D eigenvalue weighted by atomic mass is 79.9. The molecule has 1 aliphatic rings. The van der Waals surface area contributed by atoms with E-state index in [1.54, 1.807) is 4.68 Å². The van der Waals surface area contributed by atoms with Gasteiger partial charge in [-0.2, -0.15) is 5.10 Å². The number of aromatic nitrogens is 6. The van der Waals surface area contributed by atoms with Crippen molar-refractivity contribution in [1.29, 1.82) is 0 Å². The minimum absolute atomic E-state index is 0.424. The van der Waals surface area contributed by atoms with Gasteiger partial charge < -0.3 is 9.73 Å². The van der Waals surface area contributed by atoms with Crippen LogP contribution in [0.25, 0.3) is 11.0 Å². The van der Waals surface area contributed by atoms with Crippen LogP contribution in [0.3, 0.4) is 0 Å².